The summed E-state index contributed by atoms with van der Waals surface area (Å²) in [6.07, 6.45) is 3.73. The summed E-state index contributed by atoms with van der Waals surface area (Å²) >= 11 is 17.4. The van der Waals surface area contributed by atoms with Crippen molar-refractivity contribution >= 4 is 57.8 Å². The number of nitrogens with zero attached hydrogens (tertiary/aromatic N) is 1. The van der Waals surface area contributed by atoms with Gasteiger partial charge in [0, 0.05) is 29.5 Å². The minimum absolute atomic E-state index is 0.192. The molecule has 0 bridgehead atoms. The van der Waals surface area contributed by atoms with Crippen molar-refractivity contribution in [3.8, 4) is 5.75 Å². The van der Waals surface area contributed by atoms with Crippen LogP contribution in [0.5, 0.6) is 5.75 Å². The Morgan fingerprint density at radius 1 is 1.17 bits per heavy atom. The Kier molecular flexibility index (Phi) is 7.22. The molecular formula is C21H23Cl2N3O2S. The first kappa shape index (κ1) is 21.7. The molecule has 8 heteroatoms. The molecule has 1 atom stereocenters. The van der Waals surface area contributed by atoms with Crippen LogP contribution in [-0.4, -0.2) is 30.7 Å². The molecule has 0 radical (unpaired) electrons. The standard InChI is InChI=1S/C21H23Cl2N3O2S/c1-13-5-3-4-10-26(13)16-8-6-15(7-9-16)24-21(29)25-20(27)14-11-17(22)19(28-2)18(23)12-14/h6-9,11-13H,3-5,10H2,1-2H3,(H2,24,25,27,29)/t13-/m0/s1. The Bertz CT molecular complexity index is 882. The Morgan fingerprint density at radius 3 is 2.41 bits per heavy atom. The van der Waals surface area contributed by atoms with Gasteiger partial charge in [0.2, 0.25) is 0 Å². The van der Waals surface area contributed by atoms with Crippen LogP contribution in [0.25, 0.3) is 0 Å². The number of piperidine rings is 1. The van der Waals surface area contributed by atoms with E-state index in [1.54, 1.807) is 0 Å². The Balaban J connectivity index is 1.61. The second-order valence-corrected chi connectivity index (χ2v) is 8.19. The number of rotatable bonds is 4. The molecule has 5 nitrogen and oxygen atoms in total. The van der Waals surface area contributed by atoms with Crippen LogP contribution >= 0.6 is 35.4 Å². The molecule has 0 aromatic heterocycles. The molecule has 2 aromatic rings. The minimum Gasteiger partial charge on any atom is -0.494 e. The summed E-state index contributed by atoms with van der Waals surface area (Å²) < 4.78 is 5.09. The lowest BCUT2D eigenvalue weighted by atomic mass is 10.0. The fraction of sp³-hybridized carbons (Fsp3) is 0.333. The third-order valence-electron chi connectivity index (χ3n) is 4.95. The van der Waals surface area contributed by atoms with E-state index in [-0.39, 0.29) is 15.2 Å². The fourth-order valence-electron chi connectivity index (χ4n) is 3.44. The van der Waals surface area contributed by atoms with Crippen molar-refractivity contribution in [2.24, 2.45) is 0 Å². The SMILES string of the molecule is COc1c(Cl)cc(C(=O)NC(=S)Nc2ccc(N3CCCC[C@@H]3C)cc2)cc1Cl. The van der Waals surface area contributed by atoms with Gasteiger partial charge in [0.15, 0.2) is 10.9 Å². The monoisotopic (exact) mass is 451 g/mol. The maximum atomic E-state index is 12.4. The van der Waals surface area contributed by atoms with E-state index in [0.717, 1.165) is 12.2 Å². The molecule has 0 saturated carbocycles. The largest absolute Gasteiger partial charge is 0.494 e. The van der Waals surface area contributed by atoms with E-state index < -0.39 is 5.91 Å². The molecule has 154 valence electrons. The maximum Gasteiger partial charge on any atom is 0.257 e. The minimum atomic E-state index is -0.410. The van der Waals surface area contributed by atoms with Crippen LogP contribution in [0.4, 0.5) is 11.4 Å². The van der Waals surface area contributed by atoms with Crippen molar-refractivity contribution in [2.45, 2.75) is 32.2 Å². The number of carbonyl (C=O) groups excluding carboxylic acids is 1. The van der Waals surface area contributed by atoms with Gasteiger partial charge in [0.25, 0.3) is 5.91 Å². The van der Waals surface area contributed by atoms with Crippen LogP contribution in [-0.2, 0) is 0 Å². The summed E-state index contributed by atoms with van der Waals surface area (Å²) in [5.41, 5.74) is 2.29. The predicted octanol–water partition coefficient (Wildman–Crippen LogP) is 5.51. The van der Waals surface area contributed by atoms with Gasteiger partial charge in [-0.05, 0) is 74.8 Å². The van der Waals surface area contributed by atoms with Crippen LogP contribution in [0.3, 0.4) is 0 Å². The van der Waals surface area contributed by atoms with Gasteiger partial charge in [-0.1, -0.05) is 23.2 Å². The van der Waals surface area contributed by atoms with Crippen LogP contribution in [0.15, 0.2) is 36.4 Å². The summed E-state index contributed by atoms with van der Waals surface area (Å²) in [5, 5.41) is 6.36. The molecule has 3 rings (SSSR count). The first-order valence-corrected chi connectivity index (χ1v) is 10.6. The van der Waals surface area contributed by atoms with Crippen LogP contribution in [0.2, 0.25) is 10.0 Å². The summed E-state index contributed by atoms with van der Waals surface area (Å²) in [5.74, 6) is -0.0820. The molecule has 1 saturated heterocycles. The van der Waals surface area contributed by atoms with Gasteiger partial charge in [-0.25, -0.2) is 0 Å². The summed E-state index contributed by atoms with van der Waals surface area (Å²) in [4.78, 5) is 14.9. The van der Waals surface area contributed by atoms with E-state index in [2.05, 4.69) is 34.6 Å². The van der Waals surface area contributed by atoms with Gasteiger partial charge in [-0.3, -0.25) is 10.1 Å². The van der Waals surface area contributed by atoms with Crippen LogP contribution in [0.1, 0.15) is 36.5 Å². The van der Waals surface area contributed by atoms with Crippen LogP contribution in [0, 0.1) is 0 Å². The Hall–Kier alpha value is -2.02. The van der Waals surface area contributed by atoms with Crippen LogP contribution < -0.4 is 20.3 Å². The zero-order chi connectivity index (χ0) is 21.0. The lowest BCUT2D eigenvalue weighted by molar-refractivity contribution is 0.0977. The lowest BCUT2D eigenvalue weighted by Crippen LogP contribution is -2.37. The van der Waals surface area contributed by atoms with E-state index in [1.807, 2.05) is 12.1 Å². The topological polar surface area (TPSA) is 53.6 Å². The number of halogens is 2. The van der Waals surface area contributed by atoms with Crippen molar-refractivity contribution < 1.29 is 9.53 Å². The van der Waals surface area contributed by atoms with Crippen molar-refractivity contribution in [1.29, 1.82) is 0 Å². The maximum absolute atomic E-state index is 12.4. The highest BCUT2D eigenvalue weighted by atomic mass is 35.5. The average molecular weight is 452 g/mol. The second-order valence-electron chi connectivity index (χ2n) is 6.97. The van der Waals surface area contributed by atoms with Crippen molar-refractivity contribution in [3.05, 3.63) is 52.0 Å². The number of ether oxygens (including phenoxy) is 1. The highest BCUT2D eigenvalue weighted by Gasteiger charge is 2.18. The molecule has 0 unspecified atom stereocenters. The zero-order valence-electron chi connectivity index (χ0n) is 16.3. The number of anilines is 2. The first-order chi connectivity index (χ1) is 13.9. The second kappa shape index (κ2) is 9.65. The normalized spacial score (nSPS) is 16.3. The number of thiocarbonyl (C=S) groups is 1. The first-order valence-electron chi connectivity index (χ1n) is 9.41. The van der Waals surface area contributed by atoms with E-state index in [0.29, 0.717) is 17.4 Å². The highest BCUT2D eigenvalue weighted by Crippen LogP contribution is 2.33. The van der Waals surface area contributed by atoms with Gasteiger partial charge in [0.1, 0.15) is 0 Å². The number of hydrogen-bond donors (Lipinski definition) is 2. The molecule has 29 heavy (non-hydrogen) atoms. The summed E-state index contributed by atoms with van der Waals surface area (Å²) in [6, 6.07) is 11.6. The summed E-state index contributed by atoms with van der Waals surface area (Å²) in [7, 11) is 1.46. The molecule has 1 fully saturated rings. The molecule has 1 aliphatic rings. The molecule has 1 aliphatic heterocycles. The number of nitrogens with one attached hydrogen (secondary N) is 2. The fourth-order valence-corrected chi connectivity index (χ4v) is 4.29. The molecule has 0 aliphatic carbocycles. The lowest BCUT2D eigenvalue weighted by Gasteiger charge is -2.35. The van der Waals surface area contributed by atoms with E-state index in [4.69, 9.17) is 40.2 Å². The number of benzene rings is 2. The highest BCUT2D eigenvalue weighted by molar-refractivity contribution is 7.80. The number of methoxy groups -OCH3 is 1. The van der Waals surface area contributed by atoms with Gasteiger partial charge in [-0.15, -0.1) is 0 Å². The molecule has 2 aromatic carbocycles. The van der Waals surface area contributed by atoms with E-state index in [9.17, 15) is 4.79 Å². The quantitative estimate of drug-likeness (QED) is 0.600. The Labute approximate surface area is 186 Å². The molecule has 1 heterocycles. The van der Waals surface area contributed by atoms with Gasteiger partial charge < -0.3 is 15.0 Å². The number of carbonyl (C=O) groups is 1. The molecule has 2 N–H and O–H groups in total. The predicted molar refractivity (Wildman–Crippen MR) is 124 cm³/mol. The average Bonchev–Trinajstić information content (AvgIpc) is 2.68. The summed E-state index contributed by atoms with van der Waals surface area (Å²) in [6.45, 7) is 3.34. The molecule has 1 amide bonds. The van der Waals surface area contributed by atoms with Gasteiger partial charge >= 0.3 is 0 Å². The van der Waals surface area contributed by atoms with Crippen molar-refractivity contribution in [3.63, 3.8) is 0 Å². The zero-order valence-corrected chi connectivity index (χ0v) is 18.6. The smallest absolute Gasteiger partial charge is 0.257 e. The van der Waals surface area contributed by atoms with Gasteiger partial charge in [-0.2, -0.15) is 0 Å². The molecule has 0 spiro atoms. The van der Waals surface area contributed by atoms with Crippen molar-refractivity contribution in [2.75, 3.05) is 23.9 Å². The van der Waals surface area contributed by atoms with Crippen molar-refractivity contribution in [1.82, 2.24) is 5.32 Å². The third kappa shape index (κ3) is 5.32. The van der Waals surface area contributed by atoms with E-state index in [1.165, 1.54) is 44.2 Å². The third-order valence-corrected chi connectivity index (χ3v) is 5.72. The molecular weight excluding hydrogens is 429 g/mol. The van der Waals surface area contributed by atoms with E-state index >= 15 is 0 Å². The number of amides is 1. The Morgan fingerprint density at radius 2 is 1.83 bits per heavy atom. The number of hydrogen-bond acceptors (Lipinski definition) is 4. The van der Waals surface area contributed by atoms with Gasteiger partial charge in [0.05, 0.1) is 17.2 Å².